The first-order chi connectivity index (χ1) is 16.2. The van der Waals surface area contributed by atoms with Crippen LogP contribution in [0.2, 0.25) is 0 Å². The van der Waals surface area contributed by atoms with Crippen LogP contribution in [0.3, 0.4) is 0 Å². The van der Waals surface area contributed by atoms with E-state index in [0.29, 0.717) is 29.0 Å². The van der Waals surface area contributed by atoms with Crippen molar-refractivity contribution < 1.29 is 4.39 Å². The molecule has 1 unspecified atom stereocenters. The second-order valence-electron chi connectivity index (χ2n) is 8.57. The van der Waals surface area contributed by atoms with Crippen molar-refractivity contribution in [1.82, 2.24) is 18.7 Å². The van der Waals surface area contributed by atoms with E-state index in [4.69, 9.17) is 9.98 Å². The summed E-state index contributed by atoms with van der Waals surface area (Å²) in [5, 5.41) is 0. The molecule has 3 aromatic rings. The van der Waals surface area contributed by atoms with E-state index in [2.05, 4.69) is 6.92 Å². The summed E-state index contributed by atoms with van der Waals surface area (Å²) in [5.74, 6) is 0.162. The lowest BCUT2D eigenvalue weighted by atomic mass is 10.0. The highest BCUT2D eigenvalue weighted by molar-refractivity contribution is 6.07. The average molecular weight is 462 g/mol. The van der Waals surface area contributed by atoms with Gasteiger partial charge < -0.3 is 4.57 Å². The van der Waals surface area contributed by atoms with Gasteiger partial charge in [-0.05, 0) is 43.0 Å². The Labute approximate surface area is 197 Å². The Morgan fingerprint density at radius 3 is 2.62 bits per heavy atom. The number of aryl methyl sites for hydroxylation is 1. The van der Waals surface area contributed by atoms with Gasteiger partial charge in [-0.25, -0.2) is 14.2 Å². The highest BCUT2D eigenvalue weighted by Crippen LogP contribution is 2.30. The van der Waals surface area contributed by atoms with Crippen molar-refractivity contribution in [3.05, 3.63) is 99.1 Å². The zero-order chi connectivity index (χ0) is 24.6. The van der Waals surface area contributed by atoms with Gasteiger partial charge in [0.25, 0.3) is 5.56 Å². The first-order valence-electron chi connectivity index (χ1n) is 11.3. The minimum Gasteiger partial charge on any atom is -0.317 e. The molecular weight excluding hydrogens is 433 g/mol. The zero-order valence-corrected chi connectivity index (χ0v) is 19.9. The fraction of sp³-hybridized carbons (Fsp3) is 0.308. The molecule has 2 aromatic heterocycles. The molecule has 7 nitrogen and oxygen atoms in total. The van der Waals surface area contributed by atoms with Crippen LogP contribution < -0.4 is 11.2 Å². The monoisotopic (exact) mass is 461 g/mol. The molecule has 1 atom stereocenters. The highest BCUT2D eigenvalue weighted by Gasteiger charge is 2.26. The van der Waals surface area contributed by atoms with Gasteiger partial charge in [-0.1, -0.05) is 38.1 Å². The number of hydrogen-bond donors (Lipinski definition) is 0. The number of hydrogen-bond acceptors (Lipinski definition) is 4. The SMILES string of the molecule is [CH2]/C=C(/CC)N=C(CC(C)c1nc2c(c(=O)n(C)c(=O)n2C)n1Cc1cccc(F)c1)C1=C[CH]1. The summed E-state index contributed by atoms with van der Waals surface area (Å²) in [6.45, 7) is 8.14. The molecule has 2 heterocycles. The second kappa shape index (κ2) is 9.37. The number of rotatable bonds is 8. The Kier molecular flexibility index (Phi) is 6.50. The highest BCUT2D eigenvalue weighted by atomic mass is 19.1. The fourth-order valence-corrected chi connectivity index (χ4v) is 4.10. The number of fused-ring (bicyclic) bond motifs is 1. The molecule has 8 heteroatoms. The average Bonchev–Trinajstić information content (AvgIpc) is 3.60. The lowest BCUT2D eigenvalue weighted by Crippen LogP contribution is -2.37. The van der Waals surface area contributed by atoms with Crippen LogP contribution in [0.4, 0.5) is 4.39 Å². The summed E-state index contributed by atoms with van der Waals surface area (Å²) >= 11 is 0. The van der Waals surface area contributed by atoms with Crippen LogP contribution in [0.5, 0.6) is 0 Å². The first kappa shape index (κ1) is 23.6. The van der Waals surface area contributed by atoms with E-state index >= 15 is 0 Å². The van der Waals surface area contributed by atoms with Crippen molar-refractivity contribution in [3.8, 4) is 0 Å². The number of imidazole rings is 1. The van der Waals surface area contributed by atoms with E-state index < -0.39 is 11.2 Å². The van der Waals surface area contributed by atoms with Crippen molar-refractivity contribution >= 4 is 16.9 Å². The van der Waals surface area contributed by atoms with Crippen LogP contribution in [0, 0.1) is 19.2 Å². The molecule has 0 fully saturated rings. The topological polar surface area (TPSA) is 74.2 Å². The molecule has 1 aliphatic carbocycles. The molecule has 0 N–H and O–H groups in total. The Morgan fingerprint density at radius 1 is 1.26 bits per heavy atom. The maximum absolute atomic E-state index is 13.9. The van der Waals surface area contributed by atoms with Crippen molar-refractivity contribution in [1.29, 1.82) is 0 Å². The van der Waals surface area contributed by atoms with E-state index in [1.54, 1.807) is 29.8 Å². The maximum Gasteiger partial charge on any atom is 0.332 e. The Hall–Kier alpha value is -3.55. The normalized spacial score (nSPS) is 15.1. The van der Waals surface area contributed by atoms with Gasteiger partial charge in [0.1, 0.15) is 11.6 Å². The standard InChI is InChI=1S/C26H28FN5O2/c1-6-20(7-2)28-21(18-11-12-18)13-16(3)23-29-24-22(25(33)31(5)26(34)30(24)4)32(23)15-17-9-8-10-19(27)14-17/h6,8-12,14,16H,1,7,13,15H2,2-5H3/b20-6-,28-21?. The van der Waals surface area contributed by atoms with Gasteiger partial charge in [0.15, 0.2) is 11.2 Å². The number of nitrogens with zero attached hydrogens (tertiary/aromatic N) is 5. The maximum atomic E-state index is 13.9. The lowest BCUT2D eigenvalue weighted by Gasteiger charge is -2.16. The van der Waals surface area contributed by atoms with E-state index in [-0.39, 0.29) is 18.3 Å². The molecule has 0 aliphatic heterocycles. The lowest BCUT2D eigenvalue weighted by molar-refractivity contribution is 0.619. The van der Waals surface area contributed by atoms with Gasteiger partial charge in [-0.15, -0.1) is 0 Å². The molecule has 0 spiro atoms. The third-order valence-electron chi connectivity index (χ3n) is 6.09. The van der Waals surface area contributed by atoms with Crippen molar-refractivity contribution in [2.75, 3.05) is 0 Å². The predicted octanol–water partition coefficient (Wildman–Crippen LogP) is 3.83. The minimum atomic E-state index is -0.444. The van der Waals surface area contributed by atoms with Gasteiger partial charge in [-0.3, -0.25) is 18.9 Å². The van der Waals surface area contributed by atoms with Crippen molar-refractivity contribution in [2.24, 2.45) is 19.1 Å². The molecule has 176 valence electrons. The second-order valence-corrected chi connectivity index (χ2v) is 8.57. The third kappa shape index (κ3) is 4.44. The molecular formula is C26H28FN5O2. The molecule has 0 saturated heterocycles. The zero-order valence-electron chi connectivity index (χ0n) is 19.9. The summed E-state index contributed by atoms with van der Waals surface area (Å²) < 4.78 is 18.2. The number of allylic oxidation sites excluding steroid dienone is 4. The summed E-state index contributed by atoms with van der Waals surface area (Å²) in [6, 6.07) is 6.26. The number of halogens is 1. The molecule has 1 aromatic carbocycles. The number of aromatic nitrogens is 4. The Balaban J connectivity index is 1.86. The van der Waals surface area contributed by atoms with Crippen molar-refractivity contribution in [2.45, 2.75) is 39.2 Å². The van der Waals surface area contributed by atoms with Crippen LogP contribution in [-0.2, 0) is 20.6 Å². The van der Waals surface area contributed by atoms with E-state index in [1.165, 1.54) is 23.7 Å². The smallest absolute Gasteiger partial charge is 0.317 e. The molecule has 0 bridgehead atoms. The van der Waals surface area contributed by atoms with Gasteiger partial charge in [0, 0.05) is 44.4 Å². The summed E-state index contributed by atoms with van der Waals surface area (Å²) in [6.07, 6.45) is 7.13. The van der Waals surface area contributed by atoms with Crippen LogP contribution in [-0.4, -0.2) is 24.4 Å². The Morgan fingerprint density at radius 2 is 2.00 bits per heavy atom. The fourth-order valence-electron chi connectivity index (χ4n) is 4.10. The molecule has 0 saturated carbocycles. The van der Waals surface area contributed by atoms with E-state index in [0.717, 1.165) is 28.0 Å². The van der Waals surface area contributed by atoms with Crippen molar-refractivity contribution in [3.63, 3.8) is 0 Å². The molecule has 4 rings (SSSR count). The number of aliphatic imine (C=N–C) groups is 1. The van der Waals surface area contributed by atoms with Crippen LogP contribution >= 0.6 is 0 Å². The van der Waals surface area contributed by atoms with Crippen LogP contribution in [0.15, 0.2) is 62.3 Å². The predicted molar refractivity (Wildman–Crippen MR) is 132 cm³/mol. The van der Waals surface area contributed by atoms with Crippen LogP contribution in [0.1, 0.15) is 44.0 Å². The van der Waals surface area contributed by atoms with Crippen LogP contribution in [0.25, 0.3) is 11.2 Å². The first-order valence-corrected chi connectivity index (χ1v) is 11.3. The summed E-state index contributed by atoms with van der Waals surface area (Å²) in [7, 11) is 3.05. The minimum absolute atomic E-state index is 0.127. The molecule has 0 amide bonds. The Bertz CT molecular complexity index is 1470. The molecule has 34 heavy (non-hydrogen) atoms. The van der Waals surface area contributed by atoms with E-state index in [9.17, 15) is 14.0 Å². The van der Waals surface area contributed by atoms with Gasteiger partial charge in [0.2, 0.25) is 0 Å². The molecule has 1 aliphatic rings. The van der Waals surface area contributed by atoms with Gasteiger partial charge in [0.05, 0.1) is 0 Å². The van der Waals surface area contributed by atoms with E-state index in [1.807, 2.05) is 26.3 Å². The largest absolute Gasteiger partial charge is 0.332 e. The summed E-state index contributed by atoms with van der Waals surface area (Å²) in [4.78, 5) is 35.2. The third-order valence-corrected chi connectivity index (χ3v) is 6.09. The quantitative estimate of drug-likeness (QED) is 0.479. The van der Waals surface area contributed by atoms with Gasteiger partial charge >= 0.3 is 5.69 Å². The van der Waals surface area contributed by atoms with Gasteiger partial charge in [-0.2, -0.15) is 0 Å². The molecule has 2 radical (unpaired) electrons. The summed E-state index contributed by atoms with van der Waals surface area (Å²) in [5.41, 5.74) is 3.36. The number of benzene rings is 1.